The summed E-state index contributed by atoms with van der Waals surface area (Å²) < 4.78 is 11.0. The predicted octanol–water partition coefficient (Wildman–Crippen LogP) is 1.55. The zero-order valence-corrected chi connectivity index (χ0v) is 12.6. The second-order valence-electron chi connectivity index (χ2n) is 6.02. The molecule has 1 heterocycles. The van der Waals surface area contributed by atoms with Crippen molar-refractivity contribution in [2.45, 2.75) is 32.5 Å². The number of hydrogen-bond acceptors (Lipinski definition) is 6. The van der Waals surface area contributed by atoms with Crippen molar-refractivity contribution in [1.82, 2.24) is 4.90 Å². The zero-order chi connectivity index (χ0) is 15.6. The molecule has 116 valence electrons. The number of likely N-dealkylation sites (tertiary alicyclic amines) is 1. The summed E-state index contributed by atoms with van der Waals surface area (Å²) in [7, 11) is 0. The third kappa shape index (κ3) is 3.91. The Bertz CT molecular complexity index is 521. The lowest BCUT2D eigenvalue weighted by Crippen LogP contribution is -2.57. The van der Waals surface area contributed by atoms with E-state index in [0.717, 1.165) is 0 Å². The van der Waals surface area contributed by atoms with Gasteiger partial charge in [-0.05, 0) is 32.9 Å². The van der Waals surface area contributed by atoms with E-state index in [1.807, 2.05) is 20.8 Å². The highest BCUT2D eigenvalue weighted by Gasteiger charge is 2.35. The van der Waals surface area contributed by atoms with Crippen LogP contribution in [0.5, 0.6) is 5.75 Å². The number of hydrazine groups is 1. The number of carbonyl (C=O) groups is 1. The van der Waals surface area contributed by atoms with Gasteiger partial charge in [-0.15, -0.1) is 0 Å². The summed E-state index contributed by atoms with van der Waals surface area (Å²) in [5.41, 5.74) is 8.98. The average molecular weight is 294 g/mol. The van der Waals surface area contributed by atoms with E-state index in [2.05, 4.69) is 5.43 Å². The smallest absolute Gasteiger partial charge is 0.410 e. The van der Waals surface area contributed by atoms with Crippen LogP contribution in [0.2, 0.25) is 0 Å². The molecule has 0 bridgehead atoms. The van der Waals surface area contributed by atoms with Crippen molar-refractivity contribution < 1.29 is 14.3 Å². The van der Waals surface area contributed by atoms with Crippen molar-refractivity contribution in [3.05, 3.63) is 18.2 Å². The second-order valence-corrected chi connectivity index (χ2v) is 6.02. The number of nitrogens with one attached hydrogen (secondary N) is 1. The molecule has 1 amide bonds. The summed E-state index contributed by atoms with van der Waals surface area (Å²) in [5.74, 6) is 5.97. The molecule has 1 aliphatic heterocycles. The van der Waals surface area contributed by atoms with Gasteiger partial charge in [-0.25, -0.2) is 4.79 Å². The maximum absolute atomic E-state index is 11.8. The maximum Gasteiger partial charge on any atom is 0.410 e. The first-order valence-corrected chi connectivity index (χ1v) is 6.79. The highest BCUT2D eigenvalue weighted by atomic mass is 16.6. The maximum atomic E-state index is 11.8. The molecule has 7 heteroatoms. The van der Waals surface area contributed by atoms with Crippen LogP contribution >= 0.6 is 0 Å². The largest absolute Gasteiger partial charge is 0.487 e. The second kappa shape index (κ2) is 5.69. The van der Waals surface area contributed by atoms with E-state index in [1.54, 1.807) is 23.1 Å². The fraction of sp³-hybridized carbons (Fsp3) is 0.500. The Labute approximate surface area is 124 Å². The van der Waals surface area contributed by atoms with Crippen LogP contribution in [0.25, 0.3) is 0 Å². The van der Waals surface area contributed by atoms with E-state index >= 15 is 0 Å². The van der Waals surface area contributed by atoms with Gasteiger partial charge in [0.2, 0.25) is 0 Å². The minimum absolute atomic E-state index is 0.0476. The third-order valence-electron chi connectivity index (χ3n) is 2.98. The predicted molar refractivity (Wildman–Crippen MR) is 80.9 cm³/mol. The molecule has 5 N–H and O–H groups in total. The number of nitrogens with two attached hydrogens (primary N) is 2. The van der Waals surface area contributed by atoms with Crippen molar-refractivity contribution in [3.63, 3.8) is 0 Å². The minimum atomic E-state index is -0.484. The van der Waals surface area contributed by atoms with Gasteiger partial charge in [0.15, 0.2) is 0 Å². The van der Waals surface area contributed by atoms with Crippen LogP contribution in [0, 0.1) is 0 Å². The Morgan fingerprint density at radius 1 is 1.38 bits per heavy atom. The van der Waals surface area contributed by atoms with Gasteiger partial charge < -0.3 is 25.5 Å². The fourth-order valence-corrected chi connectivity index (χ4v) is 1.93. The van der Waals surface area contributed by atoms with Crippen LogP contribution in [0.3, 0.4) is 0 Å². The van der Waals surface area contributed by atoms with Crippen molar-refractivity contribution in [2.24, 2.45) is 5.84 Å². The lowest BCUT2D eigenvalue weighted by atomic mass is 10.1. The average Bonchev–Trinajstić information content (AvgIpc) is 2.31. The first-order chi connectivity index (χ1) is 9.78. The first-order valence-electron chi connectivity index (χ1n) is 6.79. The lowest BCUT2D eigenvalue weighted by Gasteiger charge is -2.39. The molecular formula is C14H22N4O3. The van der Waals surface area contributed by atoms with Gasteiger partial charge in [-0.2, -0.15) is 0 Å². The number of anilines is 2. The Kier molecular flexibility index (Phi) is 4.13. The molecule has 1 aromatic rings. The quantitative estimate of drug-likeness (QED) is 0.444. The standard InChI is InChI=1S/C14H22N4O3/c1-14(2,3)21-13(19)18-7-10(8-18)20-9-4-5-12(17-16)11(15)6-9/h4-6,10,17H,7-8,15-16H2,1-3H3. The highest BCUT2D eigenvalue weighted by molar-refractivity contribution is 5.69. The van der Waals surface area contributed by atoms with E-state index in [0.29, 0.717) is 30.2 Å². The van der Waals surface area contributed by atoms with E-state index in [1.165, 1.54) is 0 Å². The van der Waals surface area contributed by atoms with Gasteiger partial charge in [0.05, 0.1) is 24.5 Å². The number of benzene rings is 1. The van der Waals surface area contributed by atoms with Gasteiger partial charge in [-0.3, -0.25) is 5.84 Å². The minimum Gasteiger partial charge on any atom is -0.487 e. The van der Waals surface area contributed by atoms with Crippen LogP contribution in [0.15, 0.2) is 18.2 Å². The lowest BCUT2D eigenvalue weighted by molar-refractivity contribution is -0.0221. The van der Waals surface area contributed by atoms with E-state index in [-0.39, 0.29) is 12.2 Å². The van der Waals surface area contributed by atoms with Crippen LogP contribution in [0.4, 0.5) is 16.2 Å². The molecule has 0 aliphatic carbocycles. The van der Waals surface area contributed by atoms with E-state index < -0.39 is 5.60 Å². The number of rotatable bonds is 3. The van der Waals surface area contributed by atoms with Gasteiger partial charge in [-0.1, -0.05) is 0 Å². The van der Waals surface area contributed by atoms with Crippen LogP contribution in [-0.2, 0) is 4.74 Å². The van der Waals surface area contributed by atoms with Gasteiger partial charge in [0.1, 0.15) is 17.5 Å². The van der Waals surface area contributed by atoms with Crippen molar-refractivity contribution in [1.29, 1.82) is 0 Å². The molecular weight excluding hydrogens is 272 g/mol. The fourth-order valence-electron chi connectivity index (χ4n) is 1.93. The normalized spacial score (nSPS) is 15.3. The molecule has 1 aromatic carbocycles. The summed E-state index contributed by atoms with van der Waals surface area (Å²) >= 11 is 0. The third-order valence-corrected chi connectivity index (χ3v) is 2.98. The Morgan fingerprint density at radius 3 is 2.57 bits per heavy atom. The first kappa shape index (κ1) is 15.2. The Balaban J connectivity index is 1.83. The molecule has 0 radical (unpaired) electrons. The number of hydrogen-bond donors (Lipinski definition) is 3. The monoisotopic (exact) mass is 294 g/mol. The molecule has 1 fully saturated rings. The van der Waals surface area contributed by atoms with Crippen LogP contribution < -0.4 is 21.7 Å². The Morgan fingerprint density at radius 2 is 2.05 bits per heavy atom. The molecule has 1 aliphatic rings. The summed E-state index contributed by atoms with van der Waals surface area (Å²) in [6.07, 6.45) is -0.363. The number of nitrogen functional groups attached to an aromatic ring is 2. The van der Waals surface area contributed by atoms with E-state index in [4.69, 9.17) is 21.1 Å². The summed E-state index contributed by atoms with van der Waals surface area (Å²) in [5, 5.41) is 0. The van der Waals surface area contributed by atoms with Crippen molar-refractivity contribution in [2.75, 3.05) is 24.2 Å². The summed E-state index contributed by atoms with van der Waals surface area (Å²) in [4.78, 5) is 13.4. The van der Waals surface area contributed by atoms with Crippen LogP contribution in [-0.4, -0.2) is 35.8 Å². The summed E-state index contributed by atoms with van der Waals surface area (Å²) in [6.45, 7) is 6.54. The molecule has 0 spiro atoms. The number of amides is 1. The number of nitrogens with zero attached hydrogens (tertiary/aromatic N) is 1. The molecule has 0 atom stereocenters. The van der Waals surface area contributed by atoms with Crippen LogP contribution in [0.1, 0.15) is 20.8 Å². The zero-order valence-electron chi connectivity index (χ0n) is 12.6. The highest BCUT2D eigenvalue weighted by Crippen LogP contribution is 2.26. The summed E-state index contributed by atoms with van der Waals surface area (Å²) in [6, 6.07) is 5.22. The molecule has 0 unspecified atom stereocenters. The van der Waals surface area contributed by atoms with E-state index in [9.17, 15) is 4.79 Å². The number of carbonyl (C=O) groups excluding carboxylic acids is 1. The van der Waals surface area contributed by atoms with Gasteiger partial charge >= 0.3 is 6.09 Å². The van der Waals surface area contributed by atoms with Crippen molar-refractivity contribution in [3.8, 4) is 5.75 Å². The SMILES string of the molecule is CC(C)(C)OC(=O)N1CC(Oc2ccc(NN)c(N)c2)C1. The molecule has 7 nitrogen and oxygen atoms in total. The van der Waals surface area contributed by atoms with Gasteiger partial charge in [0.25, 0.3) is 0 Å². The Hall–Kier alpha value is -2.15. The molecule has 0 aromatic heterocycles. The topological polar surface area (TPSA) is 103 Å². The van der Waals surface area contributed by atoms with Gasteiger partial charge in [0, 0.05) is 6.07 Å². The number of ether oxygens (including phenoxy) is 2. The molecule has 1 saturated heterocycles. The van der Waals surface area contributed by atoms with Crippen molar-refractivity contribution >= 4 is 17.5 Å². The molecule has 21 heavy (non-hydrogen) atoms. The molecule has 0 saturated carbocycles. The molecule has 2 rings (SSSR count).